The van der Waals surface area contributed by atoms with Gasteiger partial charge in [0.2, 0.25) is 17.7 Å². The number of fused-ring (bicyclic) bond motifs is 1. The van der Waals surface area contributed by atoms with Crippen LogP contribution in [0, 0.1) is 5.82 Å². The van der Waals surface area contributed by atoms with Gasteiger partial charge in [-0.3, -0.25) is 4.79 Å². The summed E-state index contributed by atoms with van der Waals surface area (Å²) in [7, 11) is 3.78. The first-order valence-electron chi connectivity index (χ1n) is 10.1. The molecule has 2 heterocycles. The van der Waals surface area contributed by atoms with Gasteiger partial charge in [0.05, 0.1) is 5.52 Å². The third-order valence-electron chi connectivity index (χ3n) is 4.57. The van der Waals surface area contributed by atoms with Crippen molar-refractivity contribution in [1.82, 2.24) is 14.9 Å². The number of halogens is 1. The highest BCUT2D eigenvalue weighted by molar-refractivity contribution is 7.17. The van der Waals surface area contributed by atoms with Gasteiger partial charge in [0.1, 0.15) is 16.3 Å². The minimum Gasteiger partial charge on any atom is -0.437 e. The maximum Gasteiger partial charge on any atom is 0.247 e. The minimum absolute atomic E-state index is 0.284. The molecule has 0 saturated carbocycles. The van der Waals surface area contributed by atoms with Crippen molar-refractivity contribution in [3.63, 3.8) is 0 Å². The second kappa shape index (κ2) is 9.76. The molecule has 0 atom stereocenters. The summed E-state index contributed by atoms with van der Waals surface area (Å²) in [5.74, 6) is 0.516. The lowest BCUT2D eigenvalue weighted by atomic mass is 10.2. The summed E-state index contributed by atoms with van der Waals surface area (Å²) in [6.07, 6.45) is 1.20. The van der Waals surface area contributed by atoms with Crippen molar-refractivity contribution in [2.75, 3.05) is 24.7 Å². The molecule has 0 unspecified atom stereocenters. The Morgan fingerprint density at radius 3 is 2.79 bits per heavy atom. The molecular weight excluding hydrogens is 441 g/mol. The first kappa shape index (κ1) is 22.4. The molecule has 0 bridgehead atoms. The summed E-state index contributed by atoms with van der Waals surface area (Å²) in [6, 6.07) is 13.8. The lowest BCUT2D eigenvalue weighted by Crippen LogP contribution is -2.12. The van der Waals surface area contributed by atoms with Gasteiger partial charge in [0.15, 0.2) is 0 Å². The number of anilines is 3. The number of nitrogens with zero attached hydrogens (tertiary/aromatic N) is 3. The second-order valence-corrected chi connectivity index (χ2v) is 8.40. The van der Waals surface area contributed by atoms with Gasteiger partial charge in [-0.1, -0.05) is 18.7 Å². The Bertz CT molecular complexity index is 1320. The Labute approximate surface area is 194 Å². The highest BCUT2D eigenvalue weighted by Crippen LogP contribution is 2.33. The standard InChI is InChI=1S/C24H22FN5O2S/c1-4-21(31)26-16-6-5-7-18(12-16)32-23-22-20(10-11-33-22)28-24(29-23)27-17-9-8-15(14-30(2)3)19(25)13-17/h4-13H,1,14H2,2-3H3,(H,26,31)(H,27,28,29). The van der Waals surface area contributed by atoms with Gasteiger partial charge < -0.3 is 20.3 Å². The fraction of sp³-hybridized carbons (Fsp3) is 0.125. The number of thiophene rings is 1. The van der Waals surface area contributed by atoms with Crippen LogP contribution in [0.1, 0.15) is 5.56 Å². The van der Waals surface area contributed by atoms with Crippen molar-refractivity contribution >= 4 is 44.8 Å². The number of benzene rings is 2. The zero-order valence-electron chi connectivity index (χ0n) is 18.1. The van der Waals surface area contributed by atoms with Crippen molar-refractivity contribution < 1.29 is 13.9 Å². The van der Waals surface area contributed by atoms with E-state index in [0.29, 0.717) is 40.6 Å². The van der Waals surface area contributed by atoms with Crippen molar-refractivity contribution in [3.8, 4) is 11.6 Å². The molecule has 0 spiro atoms. The van der Waals surface area contributed by atoms with Crippen LogP contribution in [0.3, 0.4) is 0 Å². The van der Waals surface area contributed by atoms with E-state index in [1.807, 2.05) is 30.4 Å². The second-order valence-electron chi connectivity index (χ2n) is 7.48. The van der Waals surface area contributed by atoms with Crippen LogP contribution in [0.5, 0.6) is 11.6 Å². The summed E-state index contributed by atoms with van der Waals surface area (Å²) >= 11 is 1.45. The Kier molecular flexibility index (Phi) is 6.62. The molecule has 0 fully saturated rings. The predicted octanol–water partition coefficient (Wildman–Crippen LogP) is 5.55. The van der Waals surface area contributed by atoms with Crippen LogP contribution < -0.4 is 15.4 Å². The van der Waals surface area contributed by atoms with Gasteiger partial charge in [0.25, 0.3) is 0 Å². The average Bonchev–Trinajstić information content (AvgIpc) is 3.24. The van der Waals surface area contributed by atoms with E-state index >= 15 is 0 Å². The van der Waals surface area contributed by atoms with Crippen LogP contribution in [0.2, 0.25) is 0 Å². The first-order valence-corrected chi connectivity index (χ1v) is 11.0. The fourth-order valence-corrected chi connectivity index (χ4v) is 3.88. The van der Waals surface area contributed by atoms with Gasteiger partial charge in [-0.2, -0.15) is 4.98 Å². The molecule has 33 heavy (non-hydrogen) atoms. The zero-order chi connectivity index (χ0) is 23.4. The average molecular weight is 464 g/mol. The van der Waals surface area contributed by atoms with Crippen LogP contribution in [-0.2, 0) is 11.3 Å². The summed E-state index contributed by atoms with van der Waals surface area (Å²) in [6.45, 7) is 3.96. The van der Waals surface area contributed by atoms with Gasteiger partial charge in [0, 0.05) is 29.5 Å². The highest BCUT2D eigenvalue weighted by atomic mass is 32.1. The van der Waals surface area contributed by atoms with E-state index < -0.39 is 0 Å². The largest absolute Gasteiger partial charge is 0.437 e. The molecule has 0 aliphatic carbocycles. The number of ether oxygens (including phenoxy) is 1. The maximum absolute atomic E-state index is 14.5. The Balaban J connectivity index is 1.60. The molecule has 0 aliphatic heterocycles. The number of hydrogen-bond donors (Lipinski definition) is 2. The summed E-state index contributed by atoms with van der Waals surface area (Å²) in [5.41, 5.74) is 2.41. The molecule has 7 nitrogen and oxygen atoms in total. The fourth-order valence-electron chi connectivity index (χ4n) is 3.13. The Morgan fingerprint density at radius 1 is 1.18 bits per heavy atom. The molecule has 4 rings (SSSR count). The van der Waals surface area contributed by atoms with Gasteiger partial charge in [-0.15, -0.1) is 11.3 Å². The Hall–Kier alpha value is -3.82. The molecule has 2 aromatic carbocycles. The molecule has 1 amide bonds. The van der Waals surface area contributed by atoms with Crippen LogP contribution in [0.25, 0.3) is 10.2 Å². The summed E-state index contributed by atoms with van der Waals surface area (Å²) in [4.78, 5) is 22.5. The minimum atomic E-state index is -0.315. The van der Waals surface area contributed by atoms with E-state index in [4.69, 9.17) is 4.74 Å². The normalized spacial score (nSPS) is 10.9. The van der Waals surface area contributed by atoms with Crippen LogP contribution in [0.4, 0.5) is 21.7 Å². The van der Waals surface area contributed by atoms with E-state index in [9.17, 15) is 9.18 Å². The molecule has 2 N–H and O–H groups in total. The number of rotatable bonds is 8. The van der Waals surface area contributed by atoms with E-state index in [2.05, 4.69) is 27.2 Å². The molecule has 0 saturated heterocycles. The van der Waals surface area contributed by atoms with E-state index in [-0.39, 0.29) is 17.7 Å². The van der Waals surface area contributed by atoms with Crippen molar-refractivity contribution in [1.29, 1.82) is 0 Å². The quantitative estimate of drug-likeness (QED) is 0.334. The first-order chi connectivity index (χ1) is 15.9. The lowest BCUT2D eigenvalue weighted by Gasteiger charge is -2.13. The van der Waals surface area contributed by atoms with Crippen LogP contribution in [-0.4, -0.2) is 34.9 Å². The van der Waals surface area contributed by atoms with Crippen molar-refractivity contribution in [2.24, 2.45) is 0 Å². The molecule has 0 radical (unpaired) electrons. The third-order valence-corrected chi connectivity index (χ3v) is 5.46. The summed E-state index contributed by atoms with van der Waals surface area (Å²) < 4.78 is 21.3. The molecule has 0 aliphatic rings. The number of carbonyl (C=O) groups excluding carboxylic acids is 1. The molecular formula is C24H22FN5O2S. The number of aromatic nitrogens is 2. The lowest BCUT2D eigenvalue weighted by molar-refractivity contribution is -0.111. The summed E-state index contributed by atoms with van der Waals surface area (Å²) in [5, 5.41) is 7.65. The zero-order valence-corrected chi connectivity index (χ0v) is 18.9. The monoisotopic (exact) mass is 463 g/mol. The maximum atomic E-state index is 14.5. The molecule has 4 aromatic rings. The molecule has 2 aromatic heterocycles. The number of amides is 1. The van der Waals surface area contributed by atoms with Gasteiger partial charge >= 0.3 is 0 Å². The van der Waals surface area contributed by atoms with Gasteiger partial charge in [-0.05, 0) is 55.9 Å². The SMILES string of the molecule is C=CC(=O)Nc1cccc(Oc2nc(Nc3ccc(CN(C)C)c(F)c3)nc3ccsc23)c1. The Morgan fingerprint density at radius 2 is 2.03 bits per heavy atom. The van der Waals surface area contributed by atoms with Crippen LogP contribution in [0.15, 0.2) is 66.6 Å². The van der Waals surface area contributed by atoms with Gasteiger partial charge in [-0.25, -0.2) is 9.37 Å². The topological polar surface area (TPSA) is 79.4 Å². The number of nitrogens with one attached hydrogen (secondary N) is 2. The van der Waals surface area contributed by atoms with Crippen LogP contribution >= 0.6 is 11.3 Å². The molecule has 168 valence electrons. The highest BCUT2D eigenvalue weighted by Gasteiger charge is 2.13. The van der Waals surface area contributed by atoms with E-state index in [1.165, 1.54) is 23.5 Å². The van der Waals surface area contributed by atoms with E-state index in [1.54, 1.807) is 36.4 Å². The van der Waals surface area contributed by atoms with E-state index in [0.717, 1.165) is 4.70 Å². The van der Waals surface area contributed by atoms with Crippen molar-refractivity contribution in [2.45, 2.75) is 6.54 Å². The number of carbonyl (C=O) groups is 1. The predicted molar refractivity (Wildman–Crippen MR) is 130 cm³/mol. The third kappa shape index (κ3) is 5.51. The van der Waals surface area contributed by atoms with Crippen molar-refractivity contribution in [3.05, 3.63) is 77.9 Å². The molecule has 9 heteroatoms. The smallest absolute Gasteiger partial charge is 0.247 e. The number of hydrogen-bond acceptors (Lipinski definition) is 7.